The van der Waals surface area contributed by atoms with Crippen LogP contribution in [0.15, 0.2) is 24.5 Å². The largest absolute Gasteiger partial charge is 0.450 e. The van der Waals surface area contributed by atoms with E-state index in [1.807, 2.05) is 12.1 Å². The van der Waals surface area contributed by atoms with Crippen LogP contribution < -0.4 is 5.32 Å². The number of rotatable bonds is 5. The summed E-state index contributed by atoms with van der Waals surface area (Å²) in [6.07, 6.45) is 4.95. The molecule has 0 spiro atoms. The smallest absolute Gasteiger partial charge is 0.409 e. The summed E-state index contributed by atoms with van der Waals surface area (Å²) >= 11 is 0. The molecule has 142 valence electrons. The third kappa shape index (κ3) is 5.72. The molecule has 1 fully saturated rings. The second kappa shape index (κ2) is 9.74. The molecule has 1 saturated heterocycles. The van der Waals surface area contributed by atoms with E-state index in [9.17, 15) is 14.4 Å². The number of hydrogen-bond donors (Lipinski definition) is 1. The zero-order valence-electron chi connectivity index (χ0n) is 15.3. The predicted molar refractivity (Wildman–Crippen MR) is 95.3 cm³/mol. The Morgan fingerprint density at radius 2 is 1.92 bits per heavy atom. The number of likely N-dealkylation sites (N-methyl/N-ethyl adjacent to an activating group) is 1. The molecular formula is C18H26N4O4. The minimum Gasteiger partial charge on any atom is -0.450 e. The van der Waals surface area contributed by atoms with Crippen molar-refractivity contribution in [3.63, 3.8) is 0 Å². The number of hydrogen-bond acceptors (Lipinski definition) is 5. The van der Waals surface area contributed by atoms with Gasteiger partial charge in [0.1, 0.15) is 0 Å². The van der Waals surface area contributed by atoms with E-state index in [0.29, 0.717) is 45.5 Å². The Morgan fingerprint density at radius 3 is 2.54 bits per heavy atom. The van der Waals surface area contributed by atoms with Gasteiger partial charge in [0.2, 0.25) is 0 Å². The number of likely N-dealkylation sites (tertiary alicyclic amines) is 1. The Balaban J connectivity index is 1.73. The van der Waals surface area contributed by atoms with Crippen LogP contribution in [0.5, 0.6) is 0 Å². The highest BCUT2D eigenvalue weighted by Crippen LogP contribution is 2.11. The summed E-state index contributed by atoms with van der Waals surface area (Å²) < 4.78 is 4.97. The number of carbonyl (C=O) groups is 3. The Hall–Kier alpha value is -2.64. The highest BCUT2D eigenvalue weighted by molar-refractivity contribution is 6.35. The van der Waals surface area contributed by atoms with Crippen molar-refractivity contribution in [1.82, 2.24) is 20.1 Å². The average molecular weight is 362 g/mol. The van der Waals surface area contributed by atoms with Crippen molar-refractivity contribution in [3.05, 3.63) is 30.1 Å². The van der Waals surface area contributed by atoms with Crippen LogP contribution in [-0.4, -0.2) is 72.0 Å². The van der Waals surface area contributed by atoms with Gasteiger partial charge in [-0.05, 0) is 43.9 Å². The van der Waals surface area contributed by atoms with Crippen molar-refractivity contribution in [3.8, 4) is 0 Å². The van der Waals surface area contributed by atoms with Crippen molar-refractivity contribution in [1.29, 1.82) is 0 Å². The van der Waals surface area contributed by atoms with Gasteiger partial charge >= 0.3 is 17.9 Å². The summed E-state index contributed by atoms with van der Waals surface area (Å²) in [7, 11) is 1.62. The van der Waals surface area contributed by atoms with E-state index in [0.717, 1.165) is 5.56 Å². The van der Waals surface area contributed by atoms with Crippen LogP contribution in [0.4, 0.5) is 4.79 Å². The van der Waals surface area contributed by atoms with Gasteiger partial charge in [0.25, 0.3) is 0 Å². The molecule has 0 aliphatic carbocycles. The van der Waals surface area contributed by atoms with E-state index < -0.39 is 11.8 Å². The third-order valence-electron chi connectivity index (χ3n) is 4.38. The fourth-order valence-electron chi connectivity index (χ4n) is 2.79. The quantitative estimate of drug-likeness (QED) is 0.783. The summed E-state index contributed by atoms with van der Waals surface area (Å²) in [5, 5.41) is 2.77. The van der Waals surface area contributed by atoms with Crippen molar-refractivity contribution >= 4 is 17.9 Å². The predicted octanol–water partition coefficient (Wildman–Crippen LogP) is 0.820. The molecule has 0 radical (unpaired) electrons. The summed E-state index contributed by atoms with van der Waals surface area (Å²) in [5.74, 6) is -1.15. The van der Waals surface area contributed by atoms with E-state index in [4.69, 9.17) is 4.74 Å². The van der Waals surface area contributed by atoms with Gasteiger partial charge in [-0.1, -0.05) is 0 Å². The summed E-state index contributed by atoms with van der Waals surface area (Å²) in [6.45, 7) is 3.58. The molecule has 3 amide bonds. The molecule has 1 aliphatic heterocycles. The number of ether oxygens (including phenoxy) is 1. The monoisotopic (exact) mass is 362 g/mol. The molecule has 1 aromatic rings. The zero-order chi connectivity index (χ0) is 18.9. The van der Waals surface area contributed by atoms with Crippen molar-refractivity contribution < 1.29 is 19.1 Å². The van der Waals surface area contributed by atoms with Gasteiger partial charge in [0.05, 0.1) is 6.61 Å². The second-order valence-corrected chi connectivity index (χ2v) is 6.27. The molecule has 8 nitrogen and oxygen atoms in total. The topological polar surface area (TPSA) is 91.8 Å². The van der Waals surface area contributed by atoms with E-state index in [1.54, 1.807) is 31.3 Å². The van der Waals surface area contributed by atoms with Crippen molar-refractivity contribution in [2.45, 2.75) is 32.2 Å². The molecule has 2 rings (SSSR count). The maximum atomic E-state index is 12.2. The minimum absolute atomic E-state index is 0.106. The van der Waals surface area contributed by atoms with Crippen LogP contribution in [-0.2, 0) is 20.7 Å². The SMILES string of the molecule is CCOC(=O)N1CCC(NC(=O)C(=O)N(C)CCc2ccncc2)CC1. The van der Waals surface area contributed by atoms with Gasteiger partial charge in [-0.25, -0.2) is 4.79 Å². The van der Waals surface area contributed by atoms with Crippen molar-refractivity contribution in [2.24, 2.45) is 0 Å². The van der Waals surface area contributed by atoms with Crippen LogP contribution in [0.2, 0.25) is 0 Å². The van der Waals surface area contributed by atoms with Crippen molar-refractivity contribution in [2.75, 3.05) is 33.3 Å². The number of pyridine rings is 1. The third-order valence-corrected chi connectivity index (χ3v) is 4.38. The summed E-state index contributed by atoms with van der Waals surface area (Å²) in [6, 6.07) is 3.66. The van der Waals surface area contributed by atoms with Crippen LogP contribution in [0, 0.1) is 0 Å². The highest BCUT2D eigenvalue weighted by Gasteiger charge is 2.27. The van der Waals surface area contributed by atoms with Crippen LogP contribution in [0.1, 0.15) is 25.3 Å². The lowest BCUT2D eigenvalue weighted by Crippen LogP contribution is -2.50. The number of piperidine rings is 1. The standard InChI is InChI=1S/C18H26N4O4/c1-3-26-18(25)22-12-7-15(8-13-22)20-16(23)17(24)21(2)11-6-14-4-9-19-10-5-14/h4-5,9-10,15H,3,6-8,11-13H2,1-2H3,(H,20,23). The van der Waals surface area contributed by atoms with Gasteiger partial charge in [-0.2, -0.15) is 0 Å². The fraction of sp³-hybridized carbons (Fsp3) is 0.556. The Bertz CT molecular complexity index is 615. The van der Waals surface area contributed by atoms with E-state index in [1.165, 1.54) is 4.90 Å². The molecular weight excluding hydrogens is 336 g/mol. The lowest BCUT2D eigenvalue weighted by molar-refractivity contribution is -0.145. The zero-order valence-corrected chi connectivity index (χ0v) is 15.3. The molecule has 1 aliphatic rings. The molecule has 2 heterocycles. The Morgan fingerprint density at radius 1 is 1.27 bits per heavy atom. The van der Waals surface area contributed by atoms with Crippen LogP contribution in [0.3, 0.4) is 0 Å². The molecule has 0 saturated carbocycles. The molecule has 1 N–H and O–H groups in total. The summed E-state index contributed by atoms with van der Waals surface area (Å²) in [4.78, 5) is 43.0. The summed E-state index contributed by atoms with van der Waals surface area (Å²) in [5.41, 5.74) is 1.06. The van der Waals surface area contributed by atoms with E-state index in [-0.39, 0.29) is 12.1 Å². The number of nitrogens with one attached hydrogen (secondary N) is 1. The fourth-order valence-corrected chi connectivity index (χ4v) is 2.79. The lowest BCUT2D eigenvalue weighted by Gasteiger charge is -2.31. The molecule has 0 bridgehead atoms. The molecule has 0 atom stereocenters. The Kier molecular flexibility index (Phi) is 7.37. The minimum atomic E-state index is -0.600. The van der Waals surface area contributed by atoms with Gasteiger partial charge in [-0.15, -0.1) is 0 Å². The molecule has 8 heteroatoms. The first-order chi connectivity index (χ1) is 12.5. The lowest BCUT2D eigenvalue weighted by atomic mass is 10.1. The van der Waals surface area contributed by atoms with E-state index >= 15 is 0 Å². The first-order valence-corrected chi connectivity index (χ1v) is 8.87. The molecule has 0 unspecified atom stereocenters. The average Bonchev–Trinajstić information content (AvgIpc) is 2.67. The highest BCUT2D eigenvalue weighted by atomic mass is 16.6. The van der Waals surface area contributed by atoms with Crippen LogP contribution in [0.25, 0.3) is 0 Å². The number of carbonyl (C=O) groups excluding carboxylic acids is 3. The first kappa shape index (κ1) is 19.7. The molecule has 1 aromatic heterocycles. The second-order valence-electron chi connectivity index (χ2n) is 6.27. The normalized spacial score (nSPS) is 14.6. The van der Waals surface area contributed by atoms with E-state index in [2.05, 4.69) is 10.3 Å². The number of aromatic nitrogens is 1. The first-order valence-electron chi connectivity index (χ1n) is 8.87. The Labute approximate surface area is 153 Å². The molecule has 0 aromatic carbocycles. The van der Waals surface area contributed by atoms with Gasteiger partial charge in [0.15, 0.2) is 0 Å². The van der Waals surface area contributed by atoms with Gasteiger partial charge in [-0.3, -0.25) is 14.6 Å². The number of amides is 3. The van der Waals surface area contributed by atoms with Crippen LogP contribution >= 0.6 is 0 Å². The number of nitrogens with zero attached hydrogens (tertiary/aromatic N) is 3. The maximum absolute atomic E-state index is 12.2. The van der Waals surface area contributed by atoms with Gasteiger partial charge < -0.3 is 19.9 Å². The van der Waals surface area contributed by atoms with Gasteiger partial charge in [0, 0.05) is 45.1 Å². The molecule has 26 heavy (non-hydrogen) atoms. The maximum Gasteiger partial charge on any atom is 0.409 e.